The second-order valence-corrected chi connectivity index (χ2v) is 6.18. The highest BCUT2D eigenvalue weighted by Gasteiger charge is 2.18. The number of nitrogens with zero attached hydrogens (tertiary/aromatic N) is 4. The van der Waals surface area contributed by atoms with Gasteiger partial charge in [0.25, 0.3) is 0 Å². The molecule has 0 bridgehead atoms. The molecule has 110 valence electrons. The Morgan fingerprint density at radius 1 is 0.952 bits per heavy atom. The van der Waals surface area contributed by atoms with Gasteiger partial charge in [-0.15, -0.1) is 0 Å². The number of benzene rings is 1. The van der Waals surface area contributed by atoms with Gasteiger partial charge in [-0.1, -0.05) is 30.3 Å². The molecule has 0 spiro atoms. The van der Waals surface area contributed by atoms with Gasteiger partial charge in [0.15, 0.2) is 0 Å². The van der Waals surface area contributed by atoms with Crippen LogP contribution >= 0.6 is 15.9 Å². The third kappa shape index (κ3) is 4.02. The van der Waals surface area contributed by atoms with Crippen LogP contribution in [-0.2, 0) is 6.42 Å². The van der Waals surface area contributed by atoms with E-state index in [1.54, 1.807) is 0 Å². The standard InChI is InChI=1S/C16H19BrN4/c17-15-12-18-16(19-13-15)21-10-8-20(9-11-21)7-6-14-4-2-1-3-5-14/h1-5,12-13H,6-11H2. The van der Waals surface area contributed by atoms with Crippen LogP contribution in [0, 0.1) is 0 Å². The summed E-state index contributed by atoms with van der Waals surface area (Å²) in [7, 11) is 0. The van der Waals surface area contributed by atoms with Crippen molar-refractivity contribution in [2.24, 2.45) is 0 Å². The zero-order chi connectivity index (χ0) is 14.5. The summed E-state index contributed by atoms with van der Waals surface area (Å²) >= 11 is 3.37. The summed E-state index contributed by atoms with van der Waals surface area (Å²) in [4.78, 5) is 13.5. The monoisotopic (exact) mass is 346 g/mol. The molecule has 3 rings (SSSR count). The number of piperazine rings is 1. The first kappa shape index (κ1) is 14.5. The number of hydrogen-bond donors (Lipinski definition) is 0. The van der Waals surface area contributed by atoms with Gasteiger partial charge in [-0.3, -0.25) is 4.90 Å². The minimum atomic E-state index is 0.834. The Bertz CT molecular complexity index is 550. The second-order valence-electron chi connectivity index (χ2n) is 5.27. The quantitative estimate of drug-likeness (QED) is 0.851. The fourth-order valence-corrected chi connectivity index (χ4v) is 2.78. The fourth-order valence-electron chi connectivity index (χ4n) is 2.57. The van der Waals surface area contributed by atoms with Crippen LogP contribution in [-0.4, -0.2) is 47.6 Å². The molecule has 1 saturated heterocycles. The molecule has 5 heteroatoms. The molecule has 1 aliphatic heterocycles. The van der Waals surface area contributed by atoms with Gasteiger partial charge in [0.05, 0.1) is 4.47 Å². The predicted molar refractivity (Wildman–Crippen MR) is 88.5 cm³/mol. The van der Waals surface area contributed by atoms with E-state index < -0.39 is 0 Å². The lowest BCUT2D eigenvalue weighted by Crippen LogP contribution is -2.47. The zero-order valence-electron chi connectivity index (χ0n) is 12.0. The molecule has 0 amide bonds. The van der Waals surface area contributed by atoms with E-state index in [2.05, 4.69) is 66.0 Å². The second kappa shape index (κ2) is 7.00. The highest BCUT2D eigenvalue weighted by Crippen LogP contribution is 2.13. The molecule has 0 aliphatic carbocycles. The van der Waals surface area contributed by atoms with Crippen LogP contribution in [0.15, 0.2) is 47.2 Å². The summed E-state index contributed by atoms with van der Waals surface area (Å²) in [6.07, 6.45) is 4.74. The first-order valence-electron chi connectivity index (χ1n) is 7.30. The molecule has 1 aromatic carbocycles. The fraction of sp³-hybridized carbons (Fsp3) is 0.375. The summed E-state index contributed by atoms with van der Waals surface area (Å²) in [5, 5.41) is 0. The van der Waals surface area contributed by atoms with E-state index in [4.69, 9.17) is 0 Å². The van der Waals surface area contributed by atoms with Crippen molar-refractivity contribution < 1.29 is 0 Å². The van der Waals surface area contributed by atoms with Crippen molar-refractivity contribution in [2.75, 3.05) is 37.6 Å². The molecule has 2 aromatic rings. The van der Waals surface area contributed by atoms with Gasteiger partial charge >= 0.3 is 0 Å². The zero-order valence-corrected chi connectivity index (χ0v) is 13.5. The number of aromatic nitrogens is 2. The van der Waals surface area contributed by atoms with Crippen LogP contribution < -0.4 is 4.90 Å². The first-order chi connectivity index (χ1) is 10.3. The normalized spacial score (nSPS) is 16.1. The van der Waals surface area contributed by atoms with Crippen LogP contribution in [0.3, 0.4) is 0 Å². The van der Waals surface area contributed by atoms with Crippen LogP contribution in [0.1, 0.15) is 5.56 Å². The van der Waals surface area contributed by atoms with Gasteiger partial charge < -0.3 is 4.90 Å². The minimum Gasteiger partial charge on any atom is -0.338 e. The Hall–Kier alpha value is -1.46. The molecular weight excluding hydrogens is 328 g/mol. The summed E-state index contributed by atoms with van der Waals surface area (Å²) < 4.78 is 0.924. The Balaban J connectivity index is 1.48. The van der Waals surface area contributed by atoms with Crippen molar-refractivity contribution in [1.29, 1.82) is 0 Å². The van der Waals surface area contributed by atoms with E-state index >= 15 is 0 Å². The smallest absolute Gasteiger partial charge is 0.225 e. The van der Waals surface area contributed by atoms with E-state index in [-0.39, 0.29) is 0 Å². The van der Waals surface area contributed by atoms with Gasteiger partial charge in [-0.05, 0) is 27.9 Å². The van der Waals surface area contributed by atoms with Crippen molar-refractivity contribution >= 4 is 21.9 Å². The van der Waals surface area contributed by atoms with Crippen molar-refractivity contribution in [3.8, 4) is 0 Å². The largest absolute Gasteiger partial charge is 0.338 e. The Morgan fingerprint density at radius 2 is 1.62 bits per heavy atom. The Morgan fingerprint density at radius 3 is 2.29 bits per heavy atom. The van der Waals surface area contributed by atoms with Crippen LogP contribution in [0.25, 0.3) is 0 Å². The van der Waals surface area contributed by atoms with E-state index in [1.165, 1.54) is 5.56 Å². The number of hydrogen-bond acceptors (Lipinski definition) is 4. The topological polar surface area (TPSA) is 32.3 Å². The van der Waals surface area contributed by atoms with Crippen molar-refractivity contribution in [1.82, 2.24) is 14.9 Å². The van der Waals surface area contributed by atoms with Crippen LogP contribution in [0.4, 0.5) is 5.95 Å². The van der Waals surface area contributed by atoms with Gasteiger partial charge in [-0.25, -0.2) is 9.97 Å². The van der Waals surface area contributed by atoms with Gasteiger partial charge in [0.1, 0.15) is 0 Å². The molecule has 0 unspecified atom stereocenters. The van der Waals surface area contributed by atoms with Crippen LogP contribution in [0.2, 0.25) is 0 Å². The lowest BCUT2D eigenvalue weighted by molar-refractivity contribution is 0.260. The van der Waals surface area contributed by atoms with Crippen LogP contribution in [0.5, 0.6) is 0 Å². The van der Waals surface area contributed by atoms with Crippen molar-refractivity contribution in [3.63, 3.8) is 0 Å². The molecule has 21 heavy (non-hydrogen) atoms. The highest BCUT2D eigenvalue weighted by atomic mass is 79.9. The third-order valence-electron chi connectivity index (χ3n) is 3.82. The first-order valence-corrected chi connectivity index (χ1v) is 8.09. The lowest BCUT2D eigenvalue weighted by Gasteiger charge is -2.34. The molecule has 1 aliphatic rings. The van der Waals surface area contributed by atoms with E-state index in [1.807, 2.05) is 12.4 Å². The van der Waals surface area contributed by atoms with Crippen molar-refractivity contribution in [2.45, 2.75) is 6.42 Å². The Labute approximate surface area is 133 Å². The molecule has 4 nitrogen and oxygen atoms in total. The molecule has 0 saturated carbocycles. The lowest BCUT2D eigenvalue weighted by atomic mass is 10.1. The number of halogens is 1. The van der Waals surface area contributed by atoms with Crippen molar-refractivity contribution in [3.05, 3.63) is 52.8 Å². The summed E-state index contributed by atoms with van der Waals surface area (Å²) in [6.45, 7) is 5.27. The maximum Gasteiger partial charge on any atom is 0.225 e. The van der Waals surface area contributed by atoms with E-state index in [0.29, 0.717) is 0 Å². The third-order valence-corrected chi connectivity index (χ3v) is 4.23. The summed E-state index contributed by atoms with van der Waals surface area (Å²) in [6, 6.07) is 10.7. The number of anilines is 1. The van der Waals surface area contributed by atoms with Gasteiger partial charge in [0.2, 0.25) is 5.95 Å². The molecule has 2 heterocycles. The highest BCUT2D eigenvalue weighted by molar-refractivity contribution is 9.10. The average molecular weight is 347 g/mol. The summed E-state index contributed by atoms with van der Waals surface area (Å²) in [5.41, 5.74) is 1.41. The predicted octanol–water partition coefficient (Wildman–Crippen LogP) is 2.60. The van der Waals surface area contributed by atoms with E-state index in [9.17, 15) is 0 Å². The molecule has 1 fully saturated rings. The Kier molecular flexibility index (Phi) is 4.83. The molecular formula is C16H19BrN4. The van der Waals surface area contributed by atoms with Gasteiger partial charge in [0, 0.05) is 45.1 Å². The van der Waals surface area contributed by atoms with Gasteiger partial charge in [-0.2, -0.15) is 0 Å². The number of rotatable bonds is 4. The molecule has 1 aromatic heterocycles. The SMILES string of the molecule is Brc1cnc(N2CCN(CCc3ccccc3)CC2)nc1. The maximum atomic E-state index is 4.37. The van der Waals surface area contributed by atoms with E-state index in [0.717, 1.165) is 49.6 Å². The minimum absolute atomic E-state index is 0.834. The summed E-state index contributed by atoms with van der Waals surface area (Å²) in [5.74, 6) is 0.834. The molecule has 0 radical (unpaired) electrons. The average Bonchev–Trinajstić information content (AvgIpc) is 2.55. The maximum absolute atomic E-state index is 4.37. The molecule has 0 N–H and O–H groups in total. The molecule has 0 atom stereocenters.